The molecule has 0 N–H and O–H groups in total. The molecule has 0 aliphatic carbocycles. The second-order valence-corrected chi connectivity index (χ2v) is 12.4. The molecular weight excluding hydrogens is 617 g/mol. The fourth-order valence-electron chi connectivity index (χ4n) is 7.33. The van der Waals surface area contributed by atoms with E-state index in [-0.39, 0.29) is 40.8 Å². The van der Waals surface area contributed by atoms with Crippen molar-refractivity contribution in [1.29, 1.82) is 0 Å². The van der Waals surface area contributed by atoms with Gasteiger partial charge in [0, 0.05) is 49.4 Å². The number of likely N-dealkylation sites (tertiary alicyclic amines) is 1. The van der Waals surface area contributed by atoms with E-state index in [0.29, 0.717) is 46.5 Å². The number of terminal acetylenes is 1. The molecule has 11 heteroatoms. The summed E-state index contributed by atoms with van der Waals surface area (Å²) in [5.74, 6) is 1.38. The lowest BCUT2D eigenvalue weighted by Crippen LogP contribution is -2.43. The second kappa shape index (κ2) is 13.6. The fraction of sp³-hybridized carbons (Fsp3) is 0.351. The van der Waals surface area contributed by atoms with Gasteiger partial charge in [0.25, 0.3) is 0 Å². The van der Waals surface area contributed by atoms with Crippen LogP contribution in [0.1, 0.15) is 38.2 Å². The Labute approximate surface area is 277 Å². The minimum atomic E-state index is -0.708. The quantitative estimate of drug-likeness (QED) is 0.181. The molecule has 3 aliphatic heterocycles. The highest BCUT2D eigenvalue weighted by atomic mass is 19.1. The van der Waals surface area contributed by atoms with Gasteiger partial charge in [0.15, 0.2) is 5.82 Å². The van der Waals surface area contributed by atoms with Crippen molar-refractivity contribution in [3.05, 3.63) is 78.3 Å². The molecule has 3 aliphatic rings. The van der Waals surface area contributed by atoms with E-state index in [4.69, 9.17) is 11.2 Å². The Balaban J connectivity index is 0.000000340. The Bertz CT molecular complexity index is 1960. The van der Waals surface area contributed by atoms with Crippen LogP contribution < -0.4 is 9.64 Å². The summed E-state index contributed by atoms with van der Waals surface area (Å²) in [6, 6.07) is 8.48. The van der Waals surface area contributed by atoms with Crippen LogP contribution >= 0.6 is 0 Å². The largest absolute Gasteiger partial charge is 0.467 e. The smallest absolute Gasteiger partial charge is 0.318 e. The lowest BCUT2D eigenvalue weighted by atomic mass is 9.96. The molecule has 3 saturated heterocycles. The maximum atomic E-state index is 16.2. The van der Waals surface area contributed by atoms with E-state index in [1.807, 2.05) is 18.9 Å². The van der Waals surface area contributed by atoms with Crippen LogP contribution in [0.15, 0.2) is 61.1 Å². The molecule has 5 heterocycles. The van der Waals surface area contributed by atoms with Crippen LogP contribution in [0.3, 0.4) is 0 Å². The number of pyridine rings is 1. The van der Waals surface area contributed by atoms with Crippen molar-refractivity contribution >= 4 is 33.4 Å². The van der Waals surface area contributed by atoms with Gasteiger partial charge in [-0.1, -0.05) is 36.8 Å². The Morgan fingerprint density at radius 3 is 2.71 bits per heavy atom. The van der Waals surface area contributed by atoms with Crippen LogP contribution in [-0.4, -0.2) is 82.6 Å². The van der Waals surface area contributed by atoms with Gasteiger partial charge < -0.3 is 14.5 Å². The van der Waals surface area contributed by atoms with Crippen molar-refractivity contribution in [1.82, 2.24) is 24.8 Å². The third-order valence-electron chi connectivity index (χ3n) is 9.78. The molecule has 0 bridgehead atoms. The van der Waals surface area contributed by atoms with Gasteiger partial charge >= 0.3 is 6.01 Å². The molecular formula is C37H37F3N6O2. The number of amides is 1. The summed E-state index contributed by atoms with van der Waals surface area (Å²) in [6.45, 7) is 8.17. The van der Waals surface area contributed by atoms with Crippen molar-refractivity contribution < 1.29 is 22.7 Å². The molecule has 0 spiro atoms. The van der Waals surface area contributed by atoms with Gasteiger partial charge in [-0.15, -0.1) is 6.42 Å². The van der Waals surface area contributed by atoms with Crippen LogP contribution in [0.5, 0.6) is 6.01 Å². The Kier molecular flexibility index (Phi) is 9.38. The first-order valence-corrected chi connectivity index (χ1v) is 16.0. The molecule has 248 valence electrons. The molecule has 8 nitrogen and oxygen atoms in total. The number of aromatic nitrogens is 3. The van der Waals surface area contributed by atoms with Gasteiger partial charge in [-0.05, 0) is 62.3 Å². The SMILES string of the molecule is C#Cc1c(F)ccc2cccc(-c3ncc4c(N(C)C5CCN(C(=O)C=C)C5C)nc(OC)nc4c3F)c12.F/C=C1\CC2CCCN2C1. The van der Waals surface area contributed by atoms with E-state index in [1.165, 1.54) is 44.8 Å². The third-order valence-corrected chi connectivity index (χ3v) is 9.78. The molecule has 0 saturated carbocycles. The van der Waals surface area contributed by atoms with Crippen LogP contribution in [0.2, 0.25) is 0 Å². The lowest BCUT2D eigenvalue weighted by Gasteiger charge is -2.31. The molecule has 2 aromatic heterocycles. The third kappa shape index (κ3) is 5.85. The number of hydrogen-bond acceptors (Lipinski definition) is 7. The van der Waals surface area contributed by atoms with Gasteiger partial charge in [0.05, 0.1) is 30.4 Å². The van der Waals surface area contributed by atoms with E-state index in [0.717, 1.165) is 24.9 Å². The number of fused-ring (bicyclic) bond motifs is 3. The van der Waals surface area contributed by atoms with Crippen molar-refractivity contribution in [2.75, 3.05) is 38.7 Å². The number of rotatable bonds is 5. The molecule has 0 radical (unpaired) electrons. The monoisotopic (exact) mass is 654 g/mol. The number of methoxy groups -OCH3 is 1. The van der Waals surface area contributed by atoms with E-state index < -0.39 is 11.6 Å². The van der Waals surface area contributed by atoms with Crippen LogP contribution in [0.25, 0.3) is 32.9 Å². The van der Waals surface area contributed by atoms with Crippen molar-refractivity contribution in [3.8, 4) is 29.6 Å². The Morgan fingerprint density at radius 1 is 1.19 bits per heavy atom. The molecule has 1 amide bonds. The summed E-state index contributed by atoms with van der Waals surface area (Å²) in [5, 5.41) is 1.43. The molecule has 4 aromatic rings. The number of nitrogens with zero attached hydrogens (tertiary/aromatic N) is 6. The number of halogens is 3. The number of anilines is 1. The summed E-state index contributed by atoms with van der Waals surface area (Å²) in [5.41, 5.74) is 1.36. The Hall–Kier alpha value is -4.95. The maximum Gasteiger partial charge on any atom is 0.318 e. The van der Waals surface area contributed by atoms with Gasteiger partial charge in [-0.25, -0.2) is 13.2 Å². The highest BCUT2D eigenvalue weighted by molar-refractivity contribution is 6.02. The first-order chi connectivity index (χ1) is 23.2. The summed E-state index contributed by atoms with van der Waals surface area (Å²) in [4.78, 5) is 31.5. The molecule has 3 unspecified atom stereocenters. The summed E-state index contributed by atoms with van der Waals surface area (Å²) >= 11 is 0. The second-order valence-electron chi connectivity index (χ2n) is 12.4. The summed E-state index contributed by atoms with van der Waals surface area (Å²) in [7, 11) is 3.24. The highest BCUT2D eigenvalue weighted by Gasteiger charge is 2.37. The van der Waals surface area contributed by atoms with Crippen LogP contribution in [0, 0.1) is 24.0 Å². The summed E-state index contributed by atoms with van der Waals surface area (Å²) < 4.78 is 48.1. The van der Waals surface area contributed by atoms with Gasteiger partial charge in [0.1, 0.15) is 22.8 Å². The number of benzene rings is 2. The normalized spacial score (nSPS) is 21.2. The highest BCUT2D eigenvalue weighted by Crippen LogP contribution is 2.37. The average molecular weight is 655 g/mol. The predicted molar refractivity (Wildman–Crippen MR) is 181 cm³/mol. The minimum absolute atomic E-state index is 0.00374. The fourth-order valence-corrected chi connectivity index (χ4v) is 7.33. The first-order valence-electron chi connectivity index (χ1n) is 16.0. The van der Waals surface area contributed by atoms with Gasteiger partial charge in [-0.3, -0.25) is 14.7 Å². The lowest BCUT2D eigenvalue weighted by molar-refractivity contribution is -0.126. The average Bonchev–Trinajstić information content (AvgIpc) is 3.83. The predicted octanol–water partition coefficient (Wildman–Crippen LogP) is 6.43. The maximum absolute atomic E-state index is 16.2. The number of likely N-dealkylation sites (N-methyl/N-ethyl adjacent to an activating group) is 1. The van der Waals surface area contributed by atoms with E-state index in [9.17, 15) is 13.6 Å². The molecule has 3 fully saturated rings. The molecule has 2 aromatic carbocycles. The van der Waals surface area contributed by atoms with Crippen LogP contribution in [-0.2, 0) is 4.79 Å². The van der Waals surface area contributed by atoms with Crippen molar-refractivity contribution in [3.63, 3.8) is 0 Å². The van der Waals surface area contributed by atoms with Crippen LogP contribution in [0.4, 0.5) is 19.0 Å². The number of hydrogen-bond donors (Lipinski definition) is 0. The van der Waals surface area contributed by atoms with Crippen molar-refractivity contribution in [2.45, 2.75) is 50.7 Å². The zero-order valence-electron chi connectivity index (χ0n) is 27.2. The minimum Gasteiger partial charge on any atom is -0.467 e. The molecule has 48 heavy (non-hydrogen) atoms. The van der Waals surface area contributed by atoms with Gasteiger partial charge in [-0.2, -0.15) is 9.97 Å². The topological polar surface area (TPSA) is 74.7 Å². The zero-order valence-corrected chi connectivity index (χ0v) is 27.2. The van der Waals surface area contributed by atoms with E-state index in [1.54, 1.807) is 29.2 Å². The molecule has 3 atom stereocenters. The van der Waals surface area contributed by atoms with Crippen molar-refractivity contribution in [2.24, 2.45) is 0 Å². The standard InChI is InChI=1S/C29H25F2N5O2.C8H12FN/c1-6-18-21(30)12-11-17-9-8-10-19(24(17)18)26-25(31)27-20(15-32-26)28(34-29(33-27)38-5)35(4)22-13-14-36(16(22)3)23(37)7-2;9-5-7-4-8-2-1-3-10(8)6-7/h1,7-12,15-16,22H,2,13-14H2,3-5H3;5,8H,1-4,6H2/b;7-5+. The van der Waals surface area contributed by atoms with E-state index in [2.05, 4.69) is 32.4 Å². The molecule has 7 rings (SSSR count). The first kappa shape index (κ1) is 33.0. The summed E-state index contributed by atoms with van der Waals surface area (Å²) in [6.07, 6.45) is 13.5. The zero-order chi connectivity index (χ0) is 34.1. The van der Waals surface area contributed by atoms with Gasteiger partial charge in [0.2, 0.25) is 5.91 Å². The Morgan fingerprint density at radius 2 is 2.00 bits per heavy atom. The number of carbonyl (C=O) groups is 1. The van der Waals surface area contributed by atoms with E-state index >= 15 is 4.39 Å². The number of ether oxygens (including phenoxy) is 1. The number of carbonyl (C=O) groups excluding carboxylic acids is 1.